The average Bonchev–Trinajstić information content (AvgIpc) is 2.83. The van der Waals surface area contributed by atoms with Gasteiger partial charge in [-0.1, -0.05) is 41.3 Å². The number of anilines is 1. The molecule has 0 fully saturated rings. The number of aromatic nitrogens is 2. The van der Waals surface area contributed by atoms with Crippen molar-refractivity contribution in [2.24, 2.45) is 0 Å². The van der Waals surface area contributed by atoms with Crippen molar-refractivity contribution in [1.82, 2.24) is 10.2 Å². The Bertz CT molecular complexity index is 633. The minimum absolute atomic E-state index is 0.164. The number of thioether (sulfide) groups is 1. The van der Waals surface area contributed by atoms with Gasteiger partial charge in [0.25, 0.3) is 0 Å². The van der Waals surface area contributed by atoms with Crippen molar-refractivity contribution in [2.75, 3.05) is 5.32 Å². The Balaban J connectivity index is 2.01. The average molecular weight is 290 g/mol. The zero-order valence-corrected chi connectivity index (χ0v) is 11.7. The molecule has 0 spiro atoms. The van der Waals surface area contributed by atoms with E-state index in [1.807, 2.05) is 18.2 Å². The maximum absolute atomic E-state index is 10.9. The molecule has 0 atom stereocenters. The summed E-state index contributed by atoms with van der Waals surface area (Å²) in [5.74, 6) is 0.487. The topological polar surface area (TPSA) is 78.7 Å². The maximum Gasteiger partial charge on any atom is 0.223 e. The van der Waals surface area contributed by atoms with Crippen molar-refractivity contribution >= 4 is 34.1 Å². The number of benzene rings is 1. The molecule has 0 saturated carbocycles. The number of carbonyl (C=O) groups is 1. The van der Waals surface area contributed by atoms with Crippen LogP contribution in [0.4, 0.5) is 5.13 Å². The van der Waals surface area contributed by atoms with Crippen LogP contribution in [-0.4, -0.2) is 16.1 Å². The van der Waals surface area contributed by atoms with E-state index in [9.17, 15) is 4.79 Å². The summed E-state index contributed by atoms with van der Waals surface area (Å²) in [6.07, 6.45) is 0. The quantitative estimate of drug-likeness (QED) is 0.691. The van der Waals surface area contributed by atoms with Crippen molar-refractivity contribution in [2.45, 2.75) is 17.0 Å². The highest BCUT2D eigenvalue weighted by molar-refractivity contribution is 8.00. The summed E-state index contributed by atoms with van der Waals surface area (Å²) in [7, 11) is 0. The Morgan fingerprint density at radius 1 is 1.47 bits per heavy atom. The highest BCUT2D eigenvalue weighted by Gasteiger charge is 2.07. The number of amides is 1. The monoisotopic (exact) mass is 290 g/mol. The lowest BCUT2D eigenvalue weighted by molar-refractivity contribution is -0.114. The fourth-order valence-electron chi connectivity index (χ4n) is 1.36. The maximum atomic E-state index is 10.9. The number of nitriles is 1. The zero-order chi connectivity index (χ0) is 13.7. The molecule has 2 aromatic rings. The second kappa shape index (κ2) is 6.31. The third-order valence-electron chi connectivity index (χ3n) is 2.18. The van der Waals surface area contributed by atoms with Gasteiger partial charge in [-0.25, -0.2) is 0 Å². The molecule has 0 aliphatic heterocycles. The highest BCUT2D eigenvalue weighted by Crippen LogP contribution is 2.28. The van der Waals surface area contributed by atoms with Crippen LogP contribution in [0.3, 0.4) is 0 Å². The number of nitrogens with one attached hydrogen (secondary N) is 1. The first-order valence-corrected chi connectivity index (χ1v) is 7.21. The van der Waals surface area contributed by atoms with Gasteiger partial charge in [0, 0.05) is 12.7 Å². The highest BCUT2D eigenvalue weighted by atomic mass is 32.2. The molecule has 0 aliphatic carbocycles. The number of rotatable bonds is 4. The molecule has 0 radical (unpaired) electrons. The minimum Gasteiger partial charge on any atom is -0.301 e. The Hall–Kier alpha value is -1.91. The largest absolute Gasteiger partial charge is 0.301 e. The summed E-state index contributed by atoms with van der Waals surface area (Å²) in [6.45, 7) is 1.43. The van der Waals surface area contributed by atoms with E-state index in [2.05, 4.69) is 21.6 Å². The summed E-state index contributed by atoms with van der Waals surface area (Å²) in [6, 6.07) is 9.61. The van der Waals surface area contributed by atoms with Crippen LogP contribution in [-0.2, 0) is 10.5 Å². The van der Waals surface area contributed by atoms with Gasteiger partial charge in [0.15, 0.2) is 4.34 Å². The van der Waals surface area contributed by atoms with Gasteiger partial charge in [-0.3, -0.25) is 4.79 Å². The van der Waals surface area contributed by atoms with Crippen molar-refractivity contribution in [3.05, 3.63) is 35.4 Å². The first-order chi connectivity index (χ1) is 9.19. The van der Waals surface area contributed by atoms with Crippen LogP contribution >= 0.6 is 23.1 Å². The predicted molar refractivity (Wildman–Crippen MR) is 74.9 cm³/mol. The molecule has 0 aliphatic rings. The van der Waals surface area contributed by atoms with E-state index in [0.29, 0.717) is 16.4 Å². The van der Waals surface area contributed by atoms with Crippen LogP contribution in [0.1, 0.15) is 18.1 Å². The minimum atomic E-state index is -0.164. The summed E-state index contributed by atoms with van der Waals surface area (Å²) >= 11 is 2.81. The second-order valence-electron chi connectivity index (χ2n) is 3.61. The van der Waals surface area contributed by atoms with Crippen LogP contribution in [0, 0.1) is 11.3 Å². The van der Waals surface area contributed by atoms with Gasteiger partial charge in [-0.2, -0.15) is 5.26 Å². The number of carbonyl (C=O) groups excluding carboxylic acids is 1. The molecule has 0 bridgehead atoms. The lowest BCUT2D eigenvalue weighted by Gasteiger charge is -2.00. The van der Waals surface area contributed by atoms with Crippen LogP contribution < -0.4 is 5.32 Å². The summed E-state index contributed by atoms with van der Waals surface area (Å²) in [5, 5.41) is 19.9. The van der Waals surface area contributed by atoms with E-state index in [4.69, 9.17) is 5.26 Å². The van der Waals surface area contributed by atoms with Gasteiger partial charge in [0.2, 0.25) is 11.0 Å². The first kappa shape index (κ1) is 13.5. The van der Waals surface area contributed by atoms with E-state index >= 15 is 0 Å². The molecule has 5 nitrogen and oxygen atoms in total. The molecule has 7 heteroatoms. The third kappa shape index (κ3) is 3.77. The van der Waals surface area contributed by atoms with E-state index in [-0.39, 0.29) is 5.91 Å². The van der Waals surface area contributed by atoms with Gasteiger partial charge < -0.3 is 5.32 Å². The van der Waals surface area contributed by atoms with Gasteiger partial charge >= 0.3 is 0 Å². The Morgan fingerprint density at radius 3 is 3.00 bits per heavy atom. The van der Waals surface area contributed by atoms with Gasteiger partial charge in [0.05, 0.1) is 11.6 Å². The molecule has 0 unspecified atom stereocenters. The van der Waals surface area contributed by atoms with Crippen molar-refractivity contribution in [3.8, 4) is 6.07 Å². The molecule has 1 aromatic heterocycles. The Morgan fingerprint density at radius 2 is 2.26 bits per heavy atom. The predicted octanol–water partition coefficient (Wildman–Crippen LogP) is 2.66. The molecule has 19 heavy (non-hydrogen) atoms. The molecule has 96 valence electrons. The molecule has 0 saturated heterocycles. The standard InChI is InChI=1S/C12H10N4OS2/c1-8(17)14-11-15-16-12(19-11)18-7-10-5-3-2-4-9(10)6-13/h2-5H,7H2,1H3,(H,14,15,17). The lowest BCUT2D eigenvalue weighted by Crippen LogP contribution is -2.04. The van der Waals surface area contributed by atoms with Crippen LogP contribution in [0.15, 0.2) is 28.6 Å². The SMILES string of the molecule is CC(=O)Nc1nnc(SCc2ccccc2C#N)s1. The fraction of sp³-hybridized carbons (Fsp3) is 0.167. The van der Waals surface area contributed by atoms with Crippen molar-refractivity contribution in [3.63, 3.8) is 0 Å². The van der Waals surface area contributed by atoms with Crippen LogP contribution in [0.2, 0.25) is 0 Å². The van der Waals surface area contributed by atoms with Gasteiger partial charge in [-0.05, 0) is 11.6 Å². The van der Waals surface area contributed by atoms with Gasteiger partial charge in [0.1, 0.15) is 0 Å². The smallest absolute Gasteiger partial charge is 0.223 e. The number of nitrogens with zero attached hydrogens (tertiary/aromatic N) is 3. The fourth-order valence-corrected chi connectivity index (χ4v) is 3.17. The summed E-state index contributed by atoms with van der Waals surface area (Å²) in [5.41, 5.74) is 1.63. The number of hydrogen-bond acceptors (Lipinski definition) is 6. The van der Waals surface area contributed by atoms with Crippen LogP contribution in [0.25, 0.3) is 0 Å². The third-order valence-corrected chi connectivity index (χ3v) is 4.20. The van der Waals surface area contributed by atoms with Crippen molar-refractivity contribution < 1.29 is 4.79 Å². The molecule has 1 aromatic carbocycles. The summed E-state index contributed by atoms with van der Waals surface area (Å²) < 4.78 is 0.761. The first-order valence-electron chi connectivity index (χ1n) is 5.41. The normalized spacial score (nSPS) is 9.89. The summed E-state index contributed by atoms with van der Waals surface area (Å²) in [4.78, 5) is 10.9. The zero-order valence-electron chi connectivity index (χ0n) is 10.1. The Labute approximate surface area is 118 Å². The van der Waals surface area contributed by atoms with Crippen LogP contribution in [0.5, 0.6) is 0 Å². The van der Waals surface area contributed by atoms with E-state index in [1.54, 1.807) is 6.07 Å². The molecular formula is C12H10N4OS2. The van der Waals surface area contributed by atoms with E-state index in [0.717, 1.165) is 9.90 Å². The van der Waals surface area contributed by atoms with E-state index < -0.39 is 0 Å². The van der Waals surface area contributed by atoms with Crippen molar-refractivity contribution in [1.29, 1.82) is 5.26 Å². The lowest BCUT2D eigenvalue weighted by atomic mass is 10.1. The van der Waals surface area contributed by atoms with E-state index in [1.165, 1.54) is 30.0 Å². The van der Waals surface area contributed by atoms with Gasteiger partial charge in [-0.15, -0.1) is 10.2 Å². The molecule has 1 amide bonds. The molecule has 2 rings (SSSR count). The Kier molecular flexibility index (Phi) is 4.49. The second-order valence-corrected chi connectivity index (χ2v) is 5.81. The molecule has 1 heterocycles. The molecular weight excluding hydrogens is 280 g/mol. The molecule has 1 N–H and O–H groups in total. The number of hydrogen-bond donors (Lipinski definition) is 1.